The zero-order valence-corrected chi connectivity index (χ0v) is 13.2. The Hall–Kier alpha value is -2.89. The molecule has 1 heterocycles. The van der Waals surface area contributed by atoms with Gasteiger partial charge in [0.2, 0.25) is 0 Å². The first-order valence-electron chi connectivity index (χ1n) is 7.41. The van der Waals surface area contributed by atoms with Crippen molar-refractivity contribution in [3.8, 4) is 11.1 Å². The van der Waals surface area contributed by atoms with E-state index in [9.17, 15) is 4.79 Å². The van der Waals surface area contributed by atoms with E-state index >= 15 is 0 Å². The van der Waals surface area contributed by atoms with E-state index in [1.807, 2.05) is 37.7 Å². The Balaban J connectivity index is 1.99. The number of benzene rings is 1. The predicted octanol–water partition coefficient (Wildman–Crippen LogP) is 1.78. The molecule has 1 unspecified atom stereocenters. The van der Waals surface area contributed by atoms with Crippen molar-refractivity contribution in [2.75, 3.05) is 0 Å². The van der Waals surface area contributed by atoms with Crippen molar-refractivity contribution in [1.29, 1.82) is 0 Å². The molecule has 1 aromatic carbocycles. The van der Waals surface area contributed by atoms with Gasteiger partial charge in [-0.3, -0.25) is 9.48 Å². The molecule has 1 aliphatic rings. The zero-order valence-electron chi connectivity index (χ0n) is 13.2. The van der Waals surface area contributed by atoms with Crippen molar-refractivity contribution in [2.45, 2.75) is 19.3 Å². The van der Waals surface area contributed by atoms with E-state index in [1.54, 1.807) is 4.68 Å². The molecule has 0 bridgehead atoms. The molecule has 0 radical (unpaired) electrons. The van der Waals surface area contributed by atoms with Crippen molar-refractivity contribution >= 4 is 17.9 Å². The van der Waals surface area contributed by atoms with E-state index in [2.05, 4.69) is 23.1 Å². The SMILES string of the molecule is CC1CC(C(=O)N=C(N)N)=Cc2ccc(-c3cnn(C)c3)cc21. The van der Waals surface area contributed by atoms with Gasteiger partial charge in [0.15, 0.2) is 5.96 Å². The average molecular weight is 309 g/mol. The highest BCUT2D eigenvalue weighted by Gasteiger charge is 2.22. The van der Waals surface area contributed by atoms with E-state index in [1.165, 1.54) is 5.56 Å². The Kier molecular flexibility index (Phi) is 3.73. The predicted molar refractivity (Wildman–Crippen MR) is 90.5 cm³/mol. The number of hydrogen-bond acceptors (Lipinski definition) is 2. The topological polar surface area (TPSA) is 99.3 Å². The number of rotatable bonds is 2. The van der Waals surface area contributed by atoms with Crippen LogP contribution in [-0.4, -0.2) is 21.6 Å². The molecule has 0 saturated carbocycles. The Morgan fingerprint density at radius 3 is 2.78 bits per heavy atom. The van der Waals surface area contributed by atoms with Crippen LogP contribution in [0.1, 0.15) is 30.4 Å². The third-order valence-electron chi connectivity index (χ3n) is 4.02. The van der Waals surface area contributed by atoms with Crippen molar-refractivity contribution < 1.29 is 4.79 Å². The van der Waals surface area contributed by atoms with Crippen LogP contribution in [0.5, 0.6) is 0 Å². The van der Waals surface area contributed by atoms with Crippen molar-refractivity contribution in [1.82, 2.24) is 9.78 Å². The van der Waals surface area contributed by atoms with Crippen LogP contribution < -0.4 is 11.5 Å². The summed E-state index contributed by atoms with van der Waals surface area (Å²) in [5.74, 6) is -0.347. The molecule has 3 rings (SSSR count). The fourth-order valence-corrected chi connectivity index (χ4v) is 2.91. The van der Waals surface area contributed by atoms with Crippen LogP contribution in [-0.2, 0) is 11.8 Å². The summed E-state index contributed by atoms with van der Waals surface area (Å²) in [6, 6.07) is 6.22. The standard InChI is InChI=1S/C17H19N5O/c1-10-5-13(16(23)21-17(18)19)6-12-4-3-11(7-15(10)12)14-8-20-22(2)9-14/h3-4,6-10H,5H2,1-2H3,(H4,18,19,21,23). The quantitative estimate of drug-likeness (QED) is 0.652. The Bertz CT molecular complexity index is 827. The van der Waals surface area contributed by atoms with E-state index in [0.29, 0.717) is 12.0 Å². The maximum atomic E-state index is 12.0. The molecule has 0 fully saturated rings. The summed E-state index contributed by atoms with van der Waals surface area (Å²) in [6.07, 6.45) is 6.33. The van der Waals surface area contributed by atoms with E-state index in [-0.39, 0.29) is 17.8 Å². The highest BCUT2D eigenvalue weighted by atomic mass is 16.1. The summed E-state index contributed by atoms with van der Waals surface area (Å²) in [5, 5.41) is 4.21. The summed E-state index contributed by atoms with van der Waals surface area (Å²) in [7, 11) is 1.90. The molecule has 1 atom stereocenters. The first-order chi connectivity index (χ1) is 10.9. The van der Waals surface area contributed by atoms with Crippen molar-refractivity contribution in [3.63, 3.8) is 0 Å². The molecule has 6 heteroatoms. The minimum Gasteiger partial charge on any atom is -0.370 e. The number of carbonyl (C=O) groups is 1. The lowest BCUT2D eigenvalue weighted by Crippen LogP contribution is -2.25. The van der Waals surface area contributed by atoms with Gasteiger partial charge in [0, 0.05) is 24.4 Å². The normalized spacial score (nSPS) is 16.4. The summed E-state index contributed by atoms with van der Waals surface area (Å²) >= 11 is 0. The van der Waals surface area contributed by atoms with Gasteiger partial charge in [-0.15, -0.1) is 0 Å². The van der Waals surface area contributed by atoms with Crippen LogP contribution >= 0.6 is 0 Å². The summed E-state index contributed by atoms with van der Waals surface area (Å²) < 4.78 is 1.78. The molecule has 6 nitrogen and oxygen atoms in total. The van der Waals surface area contributed by atoms with Gasteiger partial charge in [0.05, 0.1) is 6.20 Å². The van der Waals surface area contributed by atoms with Gasteiger partial charge < -0.3 is 11.5 Å². The molecule has 118 valence electrons. The number of aromatic nitrogens is 2. The number of aryl methyl sites for hydroxylation is 1. The van der Waals surface area contributed by atoms with Gasteiger partial charge >= 0.3 is 0 Å². The number of nitrogens with two attached hydrogens (primary N) is 2. The number of guanidine groups is 1. The van der Waals surface area contributed by atoms with Gasteiger partial charge in [-0.05, 0) is 35.1 Å². The smallest absolute Gasteiger partial charge is 0.276 e. The fraction of sp³-hybridized carbons (Fsp3) is 0.235. The molecule has 0 aliphatic heterocycles. The molecule has 2 aromatic rings. The fourth-order valence-electron chi connectivity index (χ4n) is 2.91. The third-order valence-corrected chi connectivity index (χ3v) is 4.02. The lowest BCUT2D eigenvalue weighted by molar-refractivity contribution is -0.114. The minimum absolute atomic E-state index is 0.207. The number of hydrogen-bond donors (Lipinski definition) is 2. The molecule has 1 aliphatic carbocycles. The second-order valence-corrected chi connectivity index (χ2v) is 5.86. The van der Waals surface area contributed by atoms with Crippen LogP contribution in [0.2, 0.25) is 0 Å². The van der Waals surface area contributed by atoms with Gasteiger partial charge in [-0.1, -0.05) is 25.1 Å². The molecule has 1 aromatic heterocycles. The largest absolute Gasteiger partial charge is 0.370 e. The van der Waals surface area contributed by atoms with E-state index < -0.39 is 0 Å². The number of fused-ring (bicyclic) bond motifs is 1. The summed E-state index contributed by atoms with van der Waals surface area (Å²) in [4.78, 5) is 15.7. The van der Waals surface area contributed by atoms with Crippen molar-refractivity contribution in [3.05, 3.63) is 47.3 Å². The maximum Gasteiger partial charge on any atom is 0.276 e. The minimum atomic E-state index is -0.362. The molecule has 0 spiro atoms. The first-order valence-corrected chi connectivity index (χ1v) is 7.41. The Labute approximate surface area is 134 Å². The number of aliphatic imine (C=N–C) groups is 1. The van der Waals surface area contributed by atoms with Crippen LogP contribution in [0.4, 0.5) is 0 Å². The molecule has 23 heavy (non-hydrogen) atoms. The van der Waals surface area contributed by atoms with Crippen LogP contribution in [0.25, 0.3) is 17.2 Å². The first kappa shape index (κ1) is 15.0. The number of amides is 1. The van der Waals surface area contributed by atoms with Gasteiger partial charge in [-0.25, -0.2) is 0 Å². The number of nitrogens with zero attached hydrogens (tertiary/aromatic N) is 3. The zero-order chi connectivity index (χ0) is 16.6. The monoisotopic (exact) mass is 309 g/mol. The summed E-state index contributed by atoms with van der Waals surface area (Å²) in [5.41, 5.74) is 15.7. The van der Waals surface area contributed by atoms with Crippen LogP contribution in [0.15, 0.2) is 41.2 Å². The molecular formula is C17H19N5O. The number of carbonyl (C=O) groups excluding carboxylic acids is 1. The molecule has 0 saturated heterocycles. The van der Waals surface area contributed by atoms with Gasteiger partial charge in [0.25, 0.3) is 5.91 Å². The highest BCUT2D eigenvalue weighted by molar-refractivity contribution is 6.04. The van der Waals surface area contributed by atoms with Crippen molar-refractivity contribution in [2.24, 2.45) is 23.5 Å². The summed E-state index contributed by atoms with van der Waals surface area (Å²) in [6.45, 7) is 2.10. The van der Waals surface area contributed by atoms with Gasteiger partial charge in [-0.2, -0.15) is 10.1 Å². The molecule has 1 amide bonds. The maximum absolute atomic E-state index is 12.0. The van der Waals surface area contributed by atoms with Gasteiger partial charge in [0.1, 0.15) is 0 Å². The highest BCUT2D eigenvalue weighted by Crippen LogP contribution is 2.36. The third kappa shape index (κ3) is 3.01. The average Bonchev–Trinajstić information content (AvgIpc) is 2.92. The van der Waals surface area contributed by atoms with E-state index in [4.69, 9.17) is 11.5 Å². The lowest BCUT2D eigenvalue weighted by atomic mass is 9.83. The van der Waals surface area contributed by atoms with Crippen LogP contribution in [0, 0.1) is 0 Å². The Morgan fingerprint density at radius 2 is 2.13 bits per heavy atom. The van der Waals surface area contributed by atoms with Crippen LogP contribution in [0.3, 0.4) is 0 Å². The molecule has 4 N–H and O–H groups in total. The lowest BCUT2D eigenvalue weighted by Gasteiger charge is -2.22. The van der Waals surface area contributed by atoms with E-state index in [0.717, 1.165) is 16.7 Å². The second-order valence-electron chi connectivity index (χ2n) is 5.86. The Morgan fingerprint density at radius 1 is 1.35 bits per heavy atom. The molecular weight excluding hydrogens is 290 g/mol. The second kappa shape index (κ2) is 5.72.